The highest BCUT2D eigenvalue weighted by Gasteiger charge is 2.20. The predicted molar refractivity (Wildman–Crippen MR) is 115 cm³/mol. The lowest BCUT2D eigenvalue weighted by Gasteiger charge is -2.19. The van der Waals surface area contributed by atoms with Crippen molar-refractivity contribution in [3.63, 3.8) is 0 Å². The molecule has 3 N–H and O–H groups in total. The van der Waals surface area contributed by atoms with Crippen molar-refractivity contribution in [2.24, 2.45) is 0 Å². The van der Waals surface area contributed by atoms with E-state index in [1.807, 2.05) is 0 Å². The second-order valence-electron chi connectivity index (χ2n) is 7.28. The standard InChI is InChI=1S/C21H22Cl2FN3O3/c1-12(17-14(22)7-8-15(24)18(17)23)29-16-10-13(11-27-19(16)25)6-5-9-26-20(28)30-21(2,3)4/h7-8,10-12H,9H2,1-4H3,(H2,25,27)(H,26,28). The maximum absolute atomic E-state index is 13.8. The van der Waals surface area contributed by atoms with E-state index in [4.69, 9.17) is 38.4 Å². The Hall–Kier alpha value is -2.69. The van der Waals surface area contributed by atoms with Crippen molar-refractivity contribution >= 4 is 35.1 Å². The van der Waals surface area contributed by atoms with E-state index in [1.165, 1.54) is 18.3 Å². The Balaban J connectivity index is 2.10. The number of nitrogens with zero attached hydrogens (tertiary/aromatic N) is 1. The van der Waals surface area contributed by atoms with Gasteiger partial charge in [-0.1, -0.05) is 35.0 Å². The Morgan fingerprint density at radius 1 is 1.37 bits per heavy atom. The SMILES string of the molecule is CC(Oc1cc(C#CCNC(=O)OC(C)(C)C)cnc1N)c1c(Cl)ccc(F)c1Cl. The van der Waals surface area contributed by atoms with Gasteiger partial charge in [-0.2, -0.15) is 0 Å². The van der Waals surface area contributed by atoms with Gasteiger partial charge in [0.05, 0.1) is 11.6 Å². The van der Waals surface area contributed by atoms with E-state index in [9.17, 15) is 9.18 Å². The van der Waals surface area contributed by atoms with E-state index in [0.29, 0.717) is 11.1 Å². The van der Waals surface area contributed by atoms with Crippen LogP contribution < -0.4 is 15.8 Å². The Bertz CT molecular complexity index is 997. The highest BCUT2D eigenvalue weighted by Crippen LogP contribution is 2.35. The normalized spacial score (nSPS) is 11.8. The molecule has 1 heterocycles. The van der Waals surface area contributed by atoms with Gasteiger partial charge < -0.3 is 20.5 Å². The number of carbonyl (C=O) groups is 1. The third kappa shape index (κ3) is 6.68. The average Bonchev–Trinajstić information content (AvgIpc) is 2.63. The van der Waals surface area contributed by atoms with Crippen molar-refractivity contribution in [2.75, 3.05) is 12.3 Å². The number of nitrogens with one attached hydrogen (secondary N) is 1. The fourth-order valence-electron chi connectivity index (χ4n) is 2.36. The Morgan fingerprint density at radius 3 is 2.73 bits per heavy atom. The summed E-state index contributed by atoms with van der Waals surface area (Å²) >= 11 is 12.2. The number of halogens is 3. The zero-order valence-corrected chi connectivity index (χ0v) is 18.5. The Labute approximate surface area is 184 Å². The lowest BCUT2D eigenvalue weighted by Crippen LogP contribution is -2.32. The smallest absolute Gasteiger partial charge is 0.408 e. The van der Waals surface area contributed by atoms with Gasteiger partial charge in [-0.25, -0.2) is 14.2 Å². The number of ether oxygens (including phenoxy) is 2. The summed E-state index contributed by atoms with van der Waals surface area (Å²) in [5.41, 5.74) is 6.10. The molecule has 160 valence electrons. The quantitative estimate of drug-likeness (QED) is 0.495. The molecule has 1 aromatic carbocycles. The summed E-state index contributed by atoms with van der Waals surface area (Å²) in [6.45, 7) is 7.05. The second kappa shape index (κ2) is 9.88. The topological polar surface area (TPSA) is 86.5 Å². The predicted octanol–water partition coefficient (Wildman–Crippen LogP) is 5.13. The van der Waals surface area contributed by atoms with Crippen LogP contribution in [-0.4, -0.2) is 23.2 Å². The first-order chi connectivity index (χ1) is 14.0. The summed E-state index contributed by atoms with van der Waals surface area (Å²) in [6, 6.07) is 4.16. The van der Waals surface area contributed by atoms with Crippen LogP contribution in [0, 0.1) is 17.7 Å². The van der Waals surface area contributed by atoms with Crippen molar-refractivity contribution in [3.8, 4) is 17.6 Å². The third-order valence-electron chi connectivity index (χ3n) is 3.62. The van der Waals surface area contributed by atoms with Gasteiger partial charge in [0, 0.05) is 28.4 Å². The molecule has 1 aromatic heterocycles. The molecule has 1 atom stereocenters. The van der Waals surface area contributed by atoms with Gasteiger partial charge in [-0.3, -0.25) is 0 Å². The van der Waals surface area contributed by atoms with E-state index < -0.39 is 23.6 Å². The van der Waals surface area contributed by atoms with Gasteiger partial charge in [0.2, 0.25) is 0 Å². The number of rotatable bonds is 4. The fraction of sp³-hybridized carbons (Fsp3) is 0.333. The lowest BCUT2D eigenvalue weighted by molar-refractivity contribution is 0.0535. The highest BCUT2D eigenvalue weighted by molar-refractivity contribution is 6.36. The number of hydrogen-bond acceptors (Lipinski definition) is 5. The van der Waals surface area contributed by atoms with Crippen LogP contribution in [0.2, 0.25) is 10.0 Å². The zero-order valence-electron chi connectivity index (χ0n) is 17.0. The molecular weight excluding hydrogens is 432 g/mol. The molecule has 1 amide bonds. The van der Waals surface area contributed by atoms with E-state index in [-0.39, 0.29) is 28.2 Å². The lowest BCUT2D eigenvalue weighted by atomic mass is 10.1. The van der Waals surface area contributed by atoms with Crippen molar-refractivity contribution in [2.45, 2.75) is 39.4 Å². The number of alkyl carbamates (subject to hydrolysis) is 1. The van der Waals surface area contributed by atoms with Gasteiger partial charge >= 0.3 is 6.09 Å². The van der Waals surface area contributed by atoms with Crippen LogP contribution in [0.5, 0.6) is 5.75 Å². The van der Waals surface area contributed by atoms with Crippen LogP contribution in [-0.2, 0) is 4.74 Å². The number of carbonyl (C=O) groups excluding carboxylic acids is 1. The van der Waals surface area contributed by atoms with Gasteiger partial charge in [0.1, 0.15) is 17.5 Å². The number of amides is 1. The number of nitrogen functional groups attached to an aromatic ring is 1. The van der Waals surface area contributed by atoms with E-state index in [0.717, 1.165) is 0 Å². The summed E-state index contributed by atoms with van der Waals surface area (Å²) in [4.78, 5) is 15.7. The third-order valence-corrected chi connectivity index (χ3v) is 4.34. The molecule has 6 nitrogen and oxygen atoms in total. The summed E-state index contributed by atoms with van der Waals surface area (Å²) in [5.74, 6) is 5.40. The minimum Gasteiger partial charge on any atom is -0.482 e. The molecule has 0 saturated heterocycles. The van der Waals surface area contributed by atoms with Crippen LogP contribution in [0.25, 0.3) is 0 Å². The molecule has 1 unspecified atom stereocenters. The van der Waals surface area contributed by atoms with Crippen molar-refractivity contribution in [1.29, 1.82) is 0 Å². The van der Waals surface area contributed by atoms with Crippen LogP contribution in [0.15, 0.2) is 24.4 Å². The molecule has 0 aliphatic rings. The van der Waals surface area contributed by atoms with E-state index in [1.54, 1.807) is 33.8 Å². The summed E-state index contributed by atoms with van der Waals surface area (Å²) in [7, 11) is 0. The fourth-order valence-corrected chi connectivity index (χ4v) is 3.04. The molecule has 0 fully saturated rings. The average molecular weight is 454 g/mol. The molecule has 9 heteroatoms. The van der Waals surface area contributed by atoms with Gasteiger partial charge in [0.15, 0.2) is 11.6 Å². The molecule has 0 spiro atoms. The van der Waals surface area contributed by atoms with Crippen LogP contribution in [0.1, 0.15) is 44.9 Å². The first kappa shape index (κ1) is 23.6. The molecule has 30 heavy (non-hydrogen) atoms. The maximum atomic E-state index is 13.8. The number of aromatic nitrogens is 1. The number of benzene rings is 1. The Morgan fingerprint density at radius 2 is 2.07 bits per heavy atom. The second-order valence-corrected chi connectivity index (χ2v) is 8.07. The van der Waals surface area contributed by atoms with Crippen LogP contribution >= 0.6 is 23.2 Å². The molecule has 0 saturated carbocycles. The first-order valence-electron chi connectivity index (χ1n) is 8.99. The molecular formula is C21H22Cl2FN3O3. The number of anilines is 1. The van der Waals surface area contributed by atoms with Crippen molar-refractivity contribution in [3.05, 3.63) is 51.4 Å². The van der Waals surface area contributed by atoms with E-state index >= 15 is 0 Å². The number of pyridine rings is 1. The summed E-state index contributed by atoms with van der Waals surface area (Å²) in [5, 5.41) is 2.68. The number of nitrogens with two attached hydrogens (primary N) is 1. The minimum atomic E-state index is -0.693. The zero-order chi connectivity index (χ0) is 22.5. The molecule has 2 rings (SSSR count). The maximum Gasteiger partial charge on any atom is 0.408 e. The summed E-state index contributed by atoms with van der Waals surface area (Å²) < 4.78 is 24.7. The van der Waals surface area contributed by atoms with Gasteiger partial charge in [-0.05, 0) is 39.8 Å². The first-order valence-corrected chi connectivity index (χ1v) is 9.75. The largest absolute Gasteiger partial charge is 0.482 e. The Kier molecular flexibility index (Phi) is 7.77. The van der Waals surface area contributed by atoms with Crippen LogP contribution in [0.3, 0.4) is 0 Å². The molecule has 2 aromatic rings. The van der Waals surface area contributed by atoms with Gasteiger partial charge in [-0.15, -0.1) is 0 Å². The molecule has 0 bridgehead atoms. The molecule has 0 radical (unpaired) electrons. The van der Waals surface area contributed by atoms with E-state index in [2.05, 4.69) is 22.1 Å². The van der Waals surface area contributed by atoms with Crippen molar-refractivity contribution < 1.29 is 18.7 Å². The molecule has 0 aliphatic heterocycles. The monoisotopic (exact) mass is 453 g/mol. The van der Waals surface area contributed by atoms with Crippen LogP contribution in [0.4, 0.5) is 15.0 Å². The van der Waals surface area contributed by atoms with Crippen molar-refractivity contribution in [1.82, 2.24) is 10.3 Å². The minimum absolute atomic E-state index is 0.0837. The number of hydrogen-bond donors (Lipinski definition) is 2. The molecule has 0 aliphatic carbocycles. The summed E-state index contributed by atoms with van der Waals surface area (Å²) in [6.07, 6.45) is 0.214. The van der Waals surface area contributed by atoms with Gasteiger partial charge in [0.25, 0.3) is 0 Å². The highest BCUT2D eigenvalue weighted by atomic mass is 35.5.